The monoisotopic (exact) mass is 520 g/mol. The van der Waals surface area contributed by atoms with Crippen LogP contribution in [0.15, 0.2) is 48.8 Å². The number of aromatic nitrogens is 3. The number of carbonyl (C=O) groups excluding carboxylic acids is 2. The van der Waals surface area contributed by atoms with Gasteiger partial charge >= 0.3 is 0 Å². The molecular formula is C28H36N6O4. The fraction of sp³-hybridized carbons (Fsp3) is 0.429. The van der Waals surface area contributed by atoms with Gasteiger partial charge in [0.25, 0.3) is 11.8 Å². The van der Waals surface area contributed by atoms with Crippen LogP contribution in [0.3, 0.4) is 0 Å². The minimum atomic E-state index is -0.373. The molecule has 0 unspecified atom stereocenters. The molecule has 3 heterocycles. The number of amides is 2. The molecular weight excluding hydrogens is 484 g/mol. The number of anilines is 1. The van der Waals surface area contributed by atoms with Crippen LogP contribution in [0.1, 0.15) is 46.0 Å². The summed E-state index contributed by atoms with van der Waals surface area (Å²) in [4.78, 5) is 34.8. The van der Waals surface area contributed by atoms with Gasteiger partial charge in [0.1, 0.15) is 11.8 Å². The summed E-state index contributed by atoms with van der Waals surface area (Å²) < 4.78 is 8.11. The first-order valence-corrected chi connectivity index (χ1v) is 12.8. The van der Waals surface area contributed by atoms with Crippen molar-refractivity contribution < 1.29 is 19.4 Å². The fourth-order valence-electron chi connectivity index (χ4n) is 4.74. The van der Waals surface area contributed by atoms with Gasteiger partial charge in [-0.15, -0.1) is 0 Å². The van der Waals surface area contributed by atoms with E-state index in [2.05, 4.69) is 20.3 Å². The standard InChI is InChI=1S/C28H36N6O4/c1-18-14-34(20(3)17-35)28(37)22-7-6-8-23(30-27(36)24-13-19(2)31-33(24)5)26(22)38-25(18)16-32(4)15-21-9-11-29-12-10-21/h6-13,18,20,25,35H,14-17H2,1-5H3,(H,30,36)/t18-,20-,25-/m1/s1. The zero-order valence-electron chi connectivity index (χ0n) is 22.6. The van der Waals surface area contributed by atoms with E-state index in [0.717, 1.165) is 11.3 Å². The topological polar surface area (TPSA) is 113 Å². The SMILES string of the molecule is Cc1cc(C(=O)Nc2cccc3c2O[C@H](CN(C)Cc2ccncc2)[C@H](C)CN([C@H](C)CO)C3=O)n(C)n1. The van der Waals surface area contributed by atoms with E-state index in [1.807, 2.05) is 40.0 Å². The van der Waals surface area contributed by atoms with E-state index in [1.165, 1.54) is 4.68 Å². The summed E-state index contributed by atoms with van der Waals surface area (Å²) in [7, 11) is 3.73. The largest absolute Gasteiger partial charge is 0.486 e. The number of hydrogen-bond acceptors (Lipinski definition) is 7. The minimum absolute atomic E-state index is 0.0514. The first-order chi connectivity index (χ1) is 18.2. The highest BCUT2D eigenvalue weighted by atomic mass is 16.5. The molecule has 10 heteroatoms. The van der Waals surface area contributed by atoms with Crippen LogP contribution in [0.2, 0.25) is 0 Å². The molecule has 2 N–H and O–H groups in total. The number of aryl methyl sites for hydroxylation is 2. The zero-order chi connectivity index (χ0) is 27.4. The van der Waals surface area contributed by atoms with Crippen LogP contribution in [-0.2, 0) is 13.6 Å². The quantitative estimate of drug-likeness (QED) is 0.470. The Morgan fingerprint density at radius 2 is 2.03 bits per heavy atom. The number of rotatable bonds is 8. The minimum Gasteiger partial charge on any atom is -0.486 e. The van der Waals surface area contributed by atoms with E-state index in [1.54, 1.807) is 48.6 Å². The Hall–Kier alpha value is -3.76. The number of nitrogens with zero attached hydrogens (tertiary/aromatic N) is 5. The number of aliphatic hydroxyl groups excluding tert-OH is 1. The summed E-state index contributed by atoms with van der Waals surface area (Å²) in [5.41, 5.74) is 3.01. The third kappa shape index (κ3) is 6.03. The van der Waals surface area contributed by atoms with E-state index in [-0.39, 0.29) is 36.5 Å². The predicted molar refractivity (Wildman–Crippen MR) is 144 cm³/mol. The van der Waals surface area contributed by atoms with Gasteiger partial charge in [-0.05, 0) is 56.8 Å². The van der Waals surface area contributed by atoms with Crippen molar-refractivity contribution in [3.63, 3.8) is 0 Å². The highest BCUT2D eigenvalue weighted by Crippen LogP contribution is 2.35. The highest BCUT2D eigenvalue weighted by Gasteiger charge is 2.34. The maximum atomic E-state index is 13.7. The third-order valence-electron chi connectivity index (χ3n) is 6.87. The van der Waals surface area contributed by atoms with Gasteiger partial charge in [0.15, 0.2) is 5.75 Å². The summed E-state index contributed by atoms with van der Waals surface area (Å²) in [5.74, 6) is -0.317. The summed E-state index contributed by atoms with van der Waals surface area (Å²) in [5, 5.41) is 17.1. The molecule has 2 aromatic heterocycles. The molecule has 0 saturated carbocycles. The Morgan fingerprint density at radius 1 is 1.29 bits per heavy atom. The van der Waals surface area contributed by atoms with Crippen molar-refractivity contribution in [2.75, 3.05) is 32.1 Å². The number of carbonyl (C=O) groups is 2. The summed E-state index contributed by atoms with van der Waals surface area (Å²) in [6.45, 7) is 7.25. The fourth-order valence-corrected chi connectivity index (χ4v) is 4.74. The molecule has 2 amide bonds. The number of likely N-dealkylation sites (N-methyl/N-ethyl adjacent to an activating group) is 1. The Bertz CT molecular complexity index is 1280. The van der Waals surface area contributed by atoms with Crippen LogP contribution < -0.4 is 10.1 Å². The van der Waals surface area contributed by atoms with Crippen molar-refractivity contribution in [1.82, 2.24) is 24.6 Å². The summed E-state index contributed by atoms with van der Waals surface area (Å²) in [6, 6.07) is 10.4. The second-order valence-electron chi connectivity index (χ2n) is 10.1. The molecule has 1 aliphatic heterocycles. The van der Waals surface area contributed by atoms with Gasteiger partial charge < -0.3 is 20.1 Å². The van der Waals surface area contributed by atoms with Crippen LogP contribution in [0.5, 0.6) is 5.75 Å². The second-order valence-corrected chi connectivity index (χ2v) is 10.1. The van der Waals surface area contributed by atoms with Gasteiger partial charge in [-0.25, -0.2) is 0 Å². The summed E-state index contributed by atoms with van der Waals surface area (Å²) >= 11 is 0. The lowest BCUT2D eigenvalue weighted by molar-refractivity contribution is 0.0343. The molecule has 0 spiro atoms. The van der Waals surface area contributed by atoms with E-state index < -0.39 is 0 Å². The normalized spacial score (nSPS) is 18.4. The molecule has 10 nitrogen and oxygen atoms in total. The van der Waals surface area contributed by atoms with Crippen molar-refractivity contribution in [3.05, 3.63) is 71.3 Å². The lowest BCUT2D eigenvalue weighted by Crippen LogP contribution is -2.49. The molecule has 0 fully saturated rings. The predicted octanol–water partition coefficient (Wildman–Crippen LogP) is 2.73. The van der Waals surface area contributed by atoms with Crippen molar-refractivity contribution in [2.24, 2.45) is 13.0 Å². The molecule has 1 aliphatic rings. The van der Waals surface area contributed by atoms with Crippen LogP contribution in [0.4, 0.5) is 5.69 Å². The Kier molecular flexibility index (Phi) is 8.43. The number of fused-ring (bicyclic) bond motifs is 1. The van der Waals surface area contributed by atoms with Crippen molar-refractivity contribution >= 4 is 17.5 Å². The molecule has 3 atom stereocenters. The second kappa shape index (κ2) is 11.7. The van der Waals surface area contributed by atoms with Gasteiger partial charge in [0, 0.05) is 45.0 Å². The maximum absolute atomic E-state index is 13.7. The number of para-hydroxylation sites is 1. The van der Waals surface area contributed by atoms with Gasteiger partial charge in [-0.2, -0.15) is 5.10 Å². The van der Waals surface area contributed by atoms with Gasteiger partial charge in [-0.1, -0.05) is 13.0 Å². The molecule has 3 aromatic rings. The molecule has 0 bridgehead atoms. The van der Waals surface area contributed by atoms with Gasteiger partial charge in [-0.3, -0.25) is 24.2 Å². The number of benzene rings is 1. The number of pyridine rings is 1. The number of nitrogens with one attached hydrogen (secondary N) is 1. The highest BCUT2D eigenvalue weighted by molar-refractivity contribution is 6.06. The molecule has 0 radical (unpaired) electrons. The van der Waals surface area contributed by atoms with Gasteiger partial charge in [0.2, 0.25) is 0 Å². The van der Waals surface area contributed by atoms with Crippen molar-refractivity contribution in [1.29, 1.82) is 0 Å². The molecule has 4 rings (SSSR count). The first-order valence-electron chi connectivity index (χ1n) is 12.8. The van der Waals surface area contributed by atoms with Crippen molar-refractivity contribution in [2.45, 2.75) is 39.5 Å². The third-order valence-corrected chi connectivity index (χ3v) is 6.87. The van der Waals surface area contributed by atoms with E-state index in [4.69, 9.17) is 4.74 Å². The van der Waals surface area contributed by atoms with Crippen LogP contribution in [-0.4, -0.2) is 80.4 Å². The molecule has 0 saturated heterocycles. The van der Waals surface area contributed by atoms with Crippen LogP contribution >= 0.6 is 0 Å². The molecule has 0 aliphatic carbocycles. The average Bonchev–Trinajstić information content (AvgIpc) is 3.24. The number of ether oxygens (including phenoxy) is 1. The van der Waals surface area contributed by atoms with Gasteiger partial charge in [0.05, 0.1) is 29.6 Å². The maximum Gasteiger partial charge on any atom is 0.274 e. The van der Waals surface area contributed by atoms with Crippen molar-refractivity contribution in [3.8, 4) is 5.75 Å². The molecule has 1 aromatic carbocycles. The lowest BCUT2D eigenvalue weighted by atomic mass is 9.99. The lowest BCUT2D eigenvalue weighted by Gasteiger charge is -2.38. The molecule has 202 valence electrons. The average molecular weight is 521 g/mol. The van der Waals surface area contributed by atoms with Crippen LogP contribution in [0, 0.1) is 12.8 Å². The Morgan fingerprint density at radius 3 is 2.68 bits per heavy atom. The Balaban J connectivity index is 1.68. The number of aliphatic hydroxyl groups is 1. The molecule has 38 heavy (non-hydrogen) atoms. The van der Waals surface area contributed by atoms with E-state index >= 15 is 0 Å². The number of hydrogen-bond donors (Lipinski definition) is 2. The smallest absolute Gasteiger partial charge is 0.274 e. The first kappa shape index (κ1) is 27.3. The van der Waals surface area contributed by atoms with Crippen LogP contribution in [0.25, 0.3) is 0 Å². The summed E-state index contributed by atoms with van der Waals surface area (Å²) in [6.07, 6.45) is 3.25. The van der Waals surface area contributed by atoms with E-state index in [9.17, 15) is 14.7 Å². The zero-order valence-corrected chi connectivity index (χ0v) is 22.6. The van der Waals surface area contributed by atoms with E-state index in [0.29, 0.717) is 42.3 Å². The Labute approximate surface area is 223 Å².